The molecule has 5 heteroatoms. The fourth-order valence-electron chi connectivity index (χ4n) is 3.96. The van der Waals surface area contributed by atoms with E-state index in [1.165, 1.54) is 0 Å². The molecule has 2 atom stereocenters. The molecule has 0 radical (unpaired) electrons. The second-order valence-electron chi connectivity index (χ2n) is 6.92. The zero-order valence-electron chi connectivity index (χ0n) is 13.8. The Labute approximate surface area is 133 Å². The van der Waals surface area contributed by atoms with Crippen molar-refractivity contribution >= 4 is 11.8 Å². The van der Waals surface area contributed by atoms with E-state index < -0.39 is 5.54 Å². The Bertz CT molecular complexity index is 391. The molecule has 0 aromatic heterocycles. The van der Waals surface area contributed by atoms with Gasteiger partial charge in [0, 0.05) is 12.5 Å². The van der Waals surface area contributed by atoms with Crippen LogP contribution in [0.1, 0.15) is 64.7 Å². The molecule has 0 aromatic carbocycles. The first-order valence-electron chi connectivity index (χ1n) is 8.93. The lowest BCUT2D eigenvalue weighted by Gasteiger charge is -2.37. The summed E-state index contributed by atoms with van der Waals surface area (Å²) in [6.07, 6.45) is 8.58. The summed E-state index contributed by atoms with van der Waals surface area (Å²) >= 11 is 0. The van der Waals surface area contributed by atoms with Crippen LogP contribution < -0.4 is 16.4 Å². The average Bonchev–Trinajstić information content (AvgIpc) is 3.02. The van der Waals surface area contributed by atoms with Gasteiger partial charge in [0.05, 0.1) is 0 Å². The van der Waals surface area contributed by atoms with Crippen LogP contribution in [0.3, 0.4) is 0 Å². The van der Waals surface area contributed by atoms with E-state index >= 15 is 0 Å². The number of nitrogens with one attached hydrogen (secondary N) is 2. The van der Waals surface area contributed by atoms with Crippen molar-refractivity contribution in [1.82, 2.24) is 10.6 Å². The van der Waals surface area contributed by atoms with Gasteiger partial charge in [0.1, 0.15) is 5.54 Å². The molecule has 0 aromatic rings. The van der Waals surface area contributed by atoms with E-state index in [4.69, 9.17) is 5.73 Å². The van der Waals surface area contributed by atoms with Gasteiger partial charge in [-0.05, 0) is 44.6 Å². The fraction of sp³-hybridized carbons (Fsp3) is 0.882. The van der Waals surface area contributed by atoms with Gasteiger partial charge in [0.2, 0.25) is 11.8 Å². The van der Waals surface area contributed by atoms with Crippen LogP contribution in [0.5, 0.6) is 0 Å². The zero-order chi connectivity index (χ0) is 16.0. The Morgan fingerprint density at radius 1 is 1.14 bits per heavy atom. The summed E-state index contributed by atoms with van der Waals surface area (Å²) in [6, 6.07) is 0. The van der Waals surface area contributed by atoms with Crippen LogP contribution in [0.15, 0.2) is 0 Å². The maximum atomic E-state index is 12.7. The Kier molecular flexibility index (Phi) is 6.24. The minimum absolute atomic E-state index is 0.00435. The maximum absolute atomic E-state index is 12.7. The molecule has 0 saturated heterocycles. The first-order chi connectivity index (χ1) is 10.6. The second kappa shape index (κ2) is 7.95. The summed E-state index contributed by atoms with van der Waals surface area (Å²) < 4.78 is 0. The summed E-state index contributed by atoms with van der Waals surface area (Å²) in [6.45, 7) is 3.27. The molecular weight excluding hydrogens is 278 g/mol. The third kappa shape index (κ3) is 3.80. The highest BCUT2D eigenvalue weighted by atomic mass is 16.2. The van der Waals surface area contributed by atoms with Crippen molar-refractivity contribution in [3.63, 3.8) is 0 Å². The number of carbonyl (C=O) groups excluding carboxylic acids is 2. The number of hydrogen-bond donors (Lipinski definition) is 3. The van der Waals surface area contributed by atoms with Crippen LogP contribution in [0.2, 0.25) is 0 Å². The topological polar surface area (TPSA) is 84.2 Å². The average molecular weight is 309 g/mol. The molecule has 2 amide bonds. The molecule has 0 unspecified atom stereocenters. The summed E-state index contributed by atoms with van der Waals surface area (Å²) in [4.78, 5) is 25.3. The van der Waals surface area contributed by atoms with Gasteiger partial charge in [-0.2, -0.15) is 0 Å². The van der Waals surface area contributed by atoms with Crippen molar-refractivity contribution in [3.8, 4) is 0 Å². The highest BCUT2D eigenvalue weighted by Gasteiger charge is 2.43. The van der Waals surface area contributed by atoms with E-state index in [0.29, 0.717) is 13.1 Å². The van der Waals surface area contributed by atoms with Crippen molar-refractivity contribution in [2.75, 3.05) is 13.1 Å². The van der Waals surface area contributed by atoms with Crippen molar-refractivity contribution in [1.29, 1.82) is 0 Å². The summed E-state index contributed by atoms with van der Waals surface area (Å²) in [5.74, 6) is 0.313. The van der Waals surface area contributed by atoms with Crippen LogP contribution >= 0.6 is 0 Å². The van der Waals surface area contributed by atoms with Crippen molar-refractivity contribution < 1.29 is 9.59 Å². The predicted molar refractivity (Wildman–Crippen MR) is 87.1 cm³/mol. The Morgan fingerprint density at radius 2 is 1.86 bits per heavy atom. The minimum atomic E-state index is -0.688. The van der Waals surface area contributed by atoms with Gasteiger partial charge in [0.25, 0.3) is 0 Å². The first-order valence-corrected chi connectivity index (χ1v) is 8.93. The molecule has 2 saturated carbocycles. The monoisotopic (exact) mass is 309 g/mol. The fourth-order valence-corrected chi connectivity index (χ4v) is 3.96. The molecular formula is C17H31N3O2. The summed E-state index contributed by atoms with van der Waals surface area (Å²) in [5.41, 5.74) is 5.11. The quantitative estimate of drug-likeness (QED) is 0.698. The maximum Gasteiger partial charge on any atom is 0.245 e. The van der Waals surface area contributed by atoms with Gasteiger partial charge in [-0.25, -0.2) is 0 Å². The summed E-state index contributed by atoms with van der Waals surface area (Å²) in [5, 5.41) is 6.13. The van der Waals surface area contributed by atoms with Crippen LogP contribution in [-0.2, 0) is 9.59 Å². The molecule has 2 fully saturated rings. The van der Waals surface area contributed by atoms with Gasteiger partial charge < -0.3 is 16.4 Å². The number of carbonyl (C=O) groups is 2. The molecule has 126 valence electrons. The molecule has 2 rings (SSSR count). The number of hydrogen-bond acceptors (Lipinski definition) is 3. The SMILES string of the molecule is CCCNC(=O)C1(NC(=O)[C@@H]2CCC[C@@H]2CN)CCCCC1. The molecule has 2 aliphatic rings. The van der Waals surface area contributed by atoms with Gasteiger partial charge in [-0.15, -0.1) is 0 Å². The lowest BCUT2D eigenvalue weighted by atomic mass is 9.80. The second-order valence-corrected chi connectivity index (χ2v) is 6.92. The van der Waals surface area contributed by atoms with Crippen LogP contribution in [-0.4, -0.2) is 30.4 Å². The van der Waals surface area contributed by atoms with Crippen LogP contribution in [0.4, 0.5) is 0 Å². The molecule has 0 heterocycles. The summed E-state index contributed by atoms with van der Waals surface area (Å²) in [7, 11) is 0. The smallest absolute Gasteiger partial charge is 0.245 e. The predicted octanol–water partition coefficient (Wildman–Crippen LogP) is 1.71. The molecule has 5 nitrogen and oxygen atoms in total. The Morgan fingerprint density at radius 3 is 2.50 bits per heavy atom. The van der Waals surface area contributed by atoms with Gasteiger partial charge >= 0.3 is 0 Å². The lowest BCUT2D eigenvalue weighted by Crippen LogP contribution is -2.61. The third-order valence-corrected chi connectivity index (χ3v) is 5.34. The van der Waals surface area contributed by atoms with E-state index in [1.54, 1.807) is 0 Å². The normalized spacial score (nSPS) is 27.4. The largest absolute Gasteiger partial charge is 0.354 e. The van der Waals surface area contributed by atoms with E-state index in [1.807, 2.05) is 6.92 Å². The molecule has 4 N–H and O–H groups in total. The molecule has 0 spiro atoms. The van der Waals surface area contributed by atoms with E-state index in [0.717, 1.165) is 57.8 Å². The van der Waals surface area contributed by atoms with Gasteiger partial charge in [0.15, 0.2) is 0 Å². The number of amides is 2. The van der Waals surface area contributed by atoms with Crippen molar-refractivity contribution in [2.45, 2.75) is 70.3 Å². The van der Waals surface area contributed by atoms with E-state index in [2.05, 4.69) is 10.6 Å². The highest BCUT2D eigenvalue weighted by Crippen LogP contribution is 2.34. The molecule has 0 aliphatic heterocycles. The minimum Gasteiger partial charge on any atom is -0.354 e. The number of rotatable bonds is 6. The van der Waals surface area contributed by atoms with E-state index in [9.17, 15) is 9.59 Å². The van der Waals surface area contributed by atoms with E-state index in [-0.39, 0.29) is 23.7 Å². The highest BCUT2D eigenvalue weighted by molar-refractivity contribution is 5.92. The van der Waals surface area contributed by atoms with Crippen molar-refractivity contribution in [2.24, 2.45) is 17.6 Å². The van der Waals surface area contributed by atoms with Crippen molar-refractivity contribution in [3.05, 3.63) is 0 Å². The van der Waals surface area contributed by atoms with Gasteiger partial charge in [-0.1, -0.05) is 32.6 Å². The Hall–Kier alpha value is -1.10. The first kappa shape index (κ1) is 17.3. The number of nitrogens with two attached hydrogens (primary N) is 1. The van der Waals surface area contributed by atoms with Crippen LogP contribution in [0.25, 0.3) is 0 Å². The standard InChI is InChI=1S/C17H31N3O2/c1-2-11-19-16(22)17(9-4-3-5-10-17)20-15(21)14-8-6-7-13(14)12-18/h13-14H,2-12,18H2,1H3,(H,19,22)(H,20,21)/t13-,14-/m1/s1. The van der Waals surface area contributed by atoms with Crippen LogP contribution in [0, 0.1) is 11.8 Å². The molecule has 22 heavy (non-hydrogen) atoms. The van der Waals surface area contributed by atoms with Gasteiger partial charge in [-0.3, -0.25) is 9.59 Å². The zero-order valence-corrected chi connectivity index (χ0v) is 13.8. The Balaban J connectivity index is 2.05. The molecule has 2 aliphatic carbocycles. The lowest BCUT2D eigenvalue weighted by molar-refractivity contribution is -0.137. The molecule has 0 bridgehead atoms. The third-order valence-electron chi connectivity index (χ3n) is 5.34.